The lowest BCUT2D eigenvalue weighted by molar-refractivity contribution is 0.0692. The van der Waals surface area contributed by atoms with Crippen LogP contribution in [0.4, 0.5) is 0 Å². The third kappa shape index (κ3) is 3.03. The molecule has 0 atom stereocenters. The van der Waals surface area contributed by atoms with E-state index in [0.29, 0.717) is 10.2 Å². The van der Waals surface area contributed by atoms with E-state index >= 15 is 0 Å². The summed E-state index contributed by atoms with van der Waals surface area (Å²) >= 11 is 7.07. The number of aryl methyl sites for hydroxylation is 1. The first kappa shape index (κ1) is 14.3. The van der Waals surface area contributed by atoms with E-state index in [1.54, 1.807) is 0 Å². The van der Waals surface area contributed by atoms with Crippen molar-refractivity contribution < 1.29 is 9.90 Å². The molecule has 0 saturated heterocycles. The van der Waals surface area contributed by atoms with Crippen LogP contribution >= 0.6 is 23.4 Å². The van der Waals surface area contributed by atoms with Gasteiger partial charge < -0.3 is 9.67 Å². The lowest BCUT2D eigenvalue weighted by Crippen LogP contribution is -2.04. The monoisotopic (exact) mass is 324 g/mol. The minimum atomic E-state index is -1.03. The van der Waals surface area contributed by atoms with Gasteiger partial charge in [-0.15, -0.1) is 10.2 Å². The maximum absolute atomic E-state index is 11.3. The number of carbonyl (C=O) groups is 1. The van der Waals surface area contributed by atoms with Crippen molar-refractivity contribution in [2.45, 2.75) is 42.4 Å². The lowest BCUT2D eigenvalue weighted by Gasteiger charge is -2.07. The Morgan fingerprint density at radius 2 is 2.14 bits per heavy atom. The van der Waals surface area contributed by atoms with Gasteiger partial charge in [-0.3, -0.25) is 0 Å². The van der Waals surface area contributed by atoms with Crippen molar-refractivity contribution in [3.8, 4) is 0 Å². The first-order valence-electron chi connectivity index (χ1n) is 6.65. The van der Waals surface area contributed by atoms with Crippen molar-refractivity contribution in [1.29, 1.82) is 0 Å². The van der Waals surface area contributed by atoms with Crippen molar-refractivity contribution in [2.75, 3.05) is 0 Å². The SMILES string of the molecule is O=C(O)c1ccc(Cl)nc1Sc1nnc2n1CCCCC2. The van der Waals surface area contributed by atoms with E-state index in [0.717, 1.165) is 31.6 Å². The summed E-state index contributed by atoms with van der Waals surface area (Å²) in [6, 6.07) is 2.93. The Kier molecular flexibility index (Phi) is 4.12. The normalized spacial score (nSPS) is 14.5. The zero-order chi connectivity index (χ0) is 14.8. The molecule has 110 valence electrons. The predicted molar refractivity (Wildman–Crippen MR) is 77.9 cm³/mol. The number of carboxylic acid groups (broad SMARTS) is 1. The summed E-state index contributed by atoms with van der Waals surface area (Å²) in [5.41, 5.74) is 0.121. The Morgan fingerprint density at radius 1 is 1.29 bits per heavy atom. The zero-order valence-corrected chi connectivity index (χ0v) is 12.7. The van der Waals surface area contributed by atoms with Gasteiger partial charge in [0, 0.05) is 13.0 Å². The van der Waals surface area contributed by atoms with Gasteiger partial charge in [0.1, 0.15) is 16.0 Å². The summed E-state index contributed by atoms with van der Waals surface area (Å²) < 4.78 is 2.05. The number of nitrogens with zero attached hydrogens (tertiary/aromatic N) is 4. The molecule has 0 fully saturated rings. The fourth-order valence-corrected chi connectivity index (χ4v) is 3.45. The van der Waals surface area contributed by atoms with Gasteiger partial charge in [-0.1, -0.05) is 18.0 Å². The Bertz CT molecular complexity index is 689. The summed E-state index contributed by atoms with van der Waals surface area (Å²) in [6.07, 6.45) is 4.26. The number of hydrogen-bond acceptors (Lipinski definition) is 5. The van der Waals surface area contributed by atoms with Crippen molar-refractivity contribution in [2.24, 2.45) is 0 Å². The summed E-state index contributed by atoms with van der Waals surface area (Å²) in [5.74, 6) is -0.0776. The largest absolute Gasteiger partial charge is 0.478 e. The van der Waals surface area contributed by atoms with Gasteiger partial charge in [-0.2, -0.15) is 0 Å². The number of fused-ring (bicyclic) bond motifs is 1. The molecule has 6 nitrogen and oxygen atoms in total. The molecule has 1 N–H and O–H groups in total. The second-order valence-corrected chi connectivity index (χ2v) is 6.10. The van der Waals surface area contributed by atoms with Gasteiger partial charge in [-0.05, 0) is 36.7 Å². The topological polar surface area (TPSA) is 80.9 Å². The molecule has 2 aromatic heterocycles. The van der Waals surface area contributed by atoms with Crippen LogP contribution in [0.5, 0.6) is 0 Å². The van der Waals surface area contributed by atoms with Crippen LogP contribution in [0.25, 0.3) is 0 Å². The van der Waals surface area contributed by atoms with Crippen molar-refractivity contribution >= 4 is 29.3 Å². The van der Waals surface area contributed by atoms with Crippen LogP contribution in [-0.2, 0) is 13.0 Å². The molecule has 0 amide bonds. The molecule has 8 heteroatoms. The molecular formula is C13H13ClN4O2S. The molecule has 3 rings (SSSR count). The summed E-state index contributed by atoms with van der Waals surface area (Å²) in [6.45, 7) is 0.855. The van der Waals surface area contributed by atoms with E-state index < -0.39 is 5.97 Å². The third-order valence-electron chi connectivity index (χ3n) is 3.32. The van der Waals surface area contributed by atoms with E-state index in [1.807, 2.05) is 4.57 Å². The number of aromatic nitrogens is 4. The standard InChI is InChI=1S/C13H13ClN4O2S/c14-9-6-5-8(12(19)20)11(15-9)21-13-17-16-10-4-2-1-3-7-18(10)13/h5-6H,1-4,7H2,(H,19,20). The molecule has 1 aliphatic rings. The van der Waals surface area contributed by atoms with Crippen LogP contribution in [0.2, 0.25) is 5.15 Å². The molecule has 3 heterocycles. The summed E-state index contributed by atoms with van der Waals surface area (Å²) in [4.78, 5) is 15.4. The highest BCUT2D eigenvalue weighted by Gasteiger charge is 2.19. The van der Waals surface area contributed by atoms with Crippen LogP contribution in [0, 0.1) is 0 Å². The van der Waals surface area contributed by atoms with Gasteiger partial charge in [0.2, 0.25) is 0 Å². The first-order valence-corrected chi connectivity index (χ1v) is 7.84. The molecule has 0 aromatic carbocycles. The van der Waals surface area contributed by atoms with Gasteiger partial charge in [0.25, 0.3) is 0 Å². The number of pyridine rings is 1. The van der Waals surface area contributed by atoms with E-state index in [1.165, 1.54) is 30.3 Å². The summed E-state index contributed by atoms with van der Waals surface area (Å²) in [7, 11) is 0. The molecule has 0 aliphatic carbocycles. The van der Waals surface area contributed by atoms with Crippen molar-refractivity contribution in [1.82, 2.24) is 19.7 Å². The van der Waals surface area contributed by atoms with Gasteiger partial charge >= 0.3 is 5.97 Å². The van der Waals surface area contributed by atoms with Gasteiger partial charge in [0.05, 0.1) is 5.56 Å². The summed E-state index contributed by atoms with van der Waals surface area (Å²) in [5, 5.41) is 18.9. The van der Waals surface area contributed by atoms with Crippen LogP contribution in [0.1, 0.15) is 35.4 Å². The minimum Gasteiger partial charge on any atom is -0.478 e. The van der Waals surface area contributed by atoms with Crippen molar-refractivity contribution in [3.05, 3.63) is 28.7 Å². The maximum Gasteiger partial charge on any atom is 0.338 e. The quantitative estimate of drug-likeness (QED) is 0.874. The first-order chi connectivity index (χ1) is 10.1. The molecule has 0 spiro atoms. The number of aromatic carboxylic acids is 1. The molecule has 0 radical (unpaired) electrons. The van der Waals surface area contributed by atoms with E-state index in [4.69, 9.17) is 11.6 Å². The molecule has 2 aromatic rings. The average Bonchev–Trinajstić information content (AvgIpc) is 2.68. The Hall–Kier alpha value is -1.60. The molecule has 0 bridgehead atoms. The highest BCUT2D eigenvalue weighted by Crippen LogP contribution is 2.30. The average molecular weight is 325 g/mol. The molecular weight excluding hydrogens is 312 g/mol. The smallest absolute Gasteiger partial charge is 0.338 e. The molecule has 0 saturated carbocycles. The van der Waals surface area contributed by atoms with Gasteiger partial charge in [0.15, 0.2) is 5.16 Å². The highest BCUT2D eigenvalue weighted by molar-refractivity contribution is 7.99. The lowest BCUT2D eigenvalue weighted by atomic mass is 10.2. The van der Waals surface area contributed by atoms with E-state index in [-0.39, 0.29) is 10.7 Å². The molecule has 21 heavy (non-hydrogen) atoms. The zero-order valence-electron chi connectivity index (χ0n) is 11.1. The highest BCUT2D eigenvalue weighted by atomic mass is 35.5. The van der Waals surface area contributed by atoms with Crippen LogP contribution in [0.3, 0.4) is 0 Å². The number of carboxylic acids is 1. The number of rotatable bonds is 3. The van der Waals surface area contributed by atoms with Crippen LogP contribution < -0.4 is 0 Å². The minimum absolute atomic E-state index is 0.121. The fourth-order valence-electron chi connectivity index (χ4n) is 2.28. The maximum atomic E-state index is 11.3. The van der Waals surface area contributed by atoms with E-state index in [9.17, 15) is 9.90 Å². The van der Waals surface area contributed by atoms with E-state index in [2.05, 4.69) is 15.2 Å². The van der Waals surface area contributed by atoms with Gasteiger partial charge in [-0.25, -0.2) is 9.78 Å². The number of hydrogen-bond donors (Lipinski definition) is 1. The number of halogens is 1. The Labute approximate surface area is 130 Å². The Balaban J connectivity index is 1.96. The molecule has 0 unspecified atom stereocenters. The van der Waals surface area contributed by atoms with Crippen molar-refractivity contribution in [3.63, 3.8) is 0 Å². The molecule has 1 aliphatic heterocycles. The fraction of sp³-hybridized carbons (Fsp3) is 0.385. The van der Waals surface area contributed by atoms with Crippen LogP contribution in [-0.4, -0.2) is 30.8 Å². The second-order valence-electron chi connectivity index (χ2n) is 4.76. The second kappa shape index (κ2) is 6.03. The third-order valence-corrected chi connectivity index (χ3v) is 4.52. The predicted octanol–water partition coefficient (Wildman–Crippen LogP) is 2.90. The Morgan fingerprint density at radius 3 is 2.95 bits per heavy atom. The van der Waals surface area contributed by atoms with Crippen LogP contribution in [0.15, 0.2) is 22.3 Å².